The average molecular weight is 222 g/mol. The molecule has 0 aromatic heterocycles. The van der Waals surface area contributed by atoms with E-state index in [0.717, 1.165) is 0 Å². The summed E-state index contributed by atoms with van der Waals surface area (Å²) in [5.74, 6) is 2.47. The normalized spacial score (nSPS) is 11.9. The molecule has 1 rings (SSSR count). The first kappa shape index (κ1) is 12.5. The van der Waals surface area contributed by atoms with Gasteiger partial charge >= 0.3 is 0 Å². The Bertz CT molecular complexity index is 382. The molecule has 1 unspecified atom stereocenters. The lowest BCUT2D eigenvalue weighted by Crippen LogP contribution is -2.01. The summed E-state index contributed by atoms with van der Waals surface area (Å²) in [4.78, 5) is 0. The summed E-state index contributed by atoms with van der Waals surface area (Å²) in [6, 6.07) is 4.43. The number of methoxy groups -OCH3 is 1. The van der Waals surface area contributed by atoms with Crippen molar-refractivity contribution in [2.24, 2.45) is 0 Å². The van der Waals surface area contributed by atoms with Gasteiger partial charge in [0.15, 0.2) is 0 Å². The quantitative estimate of drug-likeness (QED) is 0.613. The summed E-state index contributed by atoms with van der Waals surface area (Å²) in [6.07, 6.45) is 6.03. The largest absolute Gasteiger partial charge is 0.497 e. The van der Waals surface area contributed by atoms with Crippen molar-refractivity contribution in [3.63, 3.8) is 0 Å². The minimum absolute atomic E-state index is 0.290. The summed E-state index contributed by atoms with van der Waals surface area (Å²) >= 11 is 0. The molecular formula is C13H15FO2. The SMILES string of the molecule is C#CCCCC(O)c1ccc(OC)cc1F. The molecule has 86 valence electrons. The second-order valence-electron chi connectivity index (χ2n) is 3.50. The Morgan fingerprint density at radius 2 is 2.31 bits per heavy atom. The van der Waals surface area contributed by atoms with Crippen molar-refractivity contribution in [2.45, 2.75) is 25.4 Å². The van der Waals surface area contributed by atoms with Crippen molar-refractivity contribution in [1.29, 1.82) is 0 Å². The Hall–Kier alpha value is -1.53. The van der Waals surface area contributed by atoms with Gasteiger partial charge in [-0.25, -0.2) is 4.39 Å². The highest BCUT2D eigenvalue weighted by Gasteiger charge is 2.12. The zero-order valence-electron chi connectivity index (χ0n) is 9.24. The van der Waals surface area contributed by atoms with E-state index in [1.54, 1.807) is 6.07 Å². The molecule has 0 aliphatic rings. The fraction of sp³-hybridized carbons (Fsp3) is 0.385. The van der Waals surface area contributed by atoms with Crippen LogP contribution in [0.5, 0.6) is 5.75 Å². The van der Waals surface area contributed by atoms with Gasteiger partial charge < -0.3 is 9.84 Å². The maximum absolute atomic E-state index is 13.5. The number of unbranched alkanes of at least 4 members (excludes halogenated alkanes) is 1. The first-order valence-electron chi connectivity index (χ1n) is 5.14. The summed E-state index contributed by atoms with van der Waals surface area (Å²) in [5.41, 5.74) is 0.290. The highest BCUT2D eigenvalue weighted by Crippen LogP contribution is 2.25. The summed E-state index contributed by atoms with van der Waals surface area (Å²) in [6.45, 7) is 0. The lowest BCUT2D eigenvalue weighted by Gasteiger charge is -2.11. The number of benzene rings is 1. The van der Waals surface area contributed by atoms with Gasteiger partial charge in [-0.2, -0.15) is 0 Å². The van der Waals surface area contributed by atoms with Gasteiger partial charge in [0.05, 0.1) is 13.2 Å². The van der Waals surface area contributed by atoms with E-state index in [1.807, 2.05) is 0 Å². The molecule has 3 heteroatoms. The first-order chi connectivity index (χ1) is 7.69. The third-order valence-electron chi connectivity index (χ3n) is 2.37. The number of halogens is 1. The Morgan fingerprint density at radius 1 is 1.56 bits per heavy atom. The number of hydrogen-bond donors (Lipinski definition) is 1. The topological polar surface area (TPSA) is 29.5 Å². The van der Waals surface area contributed by atoms with E-state index >= 15 is 0 Å². The third kappa shape index (κ3) is 3.25. The van der Waals surface area contributed by atoms with E-state index in [-0.39, 0.29) is 5.56 Å². The molecule has 16 heavy (non-hydrogen) atoms. The van der Waals surface area contributed by atoms with Crippen LogP contribution in [0.1, 0.15) is 30.9 Å². The van der Waals surface area contributed by atoms with E-state index in [9.17, 15) is 9.50 Å². The Morgan fingerprint density at radius 3 is 2.88 bits per heavy atom. The van der Waals surface area contributed by atoms with Crippen molar-refractivity contribution in [3.05, 3.63) is 29.6 Å². The molecule has 0 amide bonds. The van der Waals surface area contributed by atoms with Gasteiger partial charge in [-0.15, -0.1) is 12.3 Å². The van der Waals surface area contributed by atoms with Gasteiger partial charge in [-0.1, -0.05) is 0 Å². The smallest absolute Gasteiger partial charge is 0.132 e. The molecule has 1 aromatic rings. The molecule has 2 nitrogen and oxygen atoms in total. The first-order valence-corrected chi connectivity index (χ1v) is 5.14. The minimum atomic E-state index is -0.806. The molecule has 1 aromatic carbocycles. The van der Waals surface area contributed by atoms with E-state index < -0.39 is 11.9 Å². The molecule has 0 bridgehead atoms. The Kier molecular flexibility index (Phi) is 4.81. The molecule has 0 heterocycles. The highest BCUT2D eigenvalue weighted by atomic mass is 19.1. The van der Waals surface area contributed by atoms with Gasteiger partial charge in [0, 0.05) is 18.1 Å². The standard InChI is InChI=1S/C13H15FO2/c1-3-4-5-6-13(15)11-8-7-10(16-2)9-12(11)14/h1,7-9,13,15H,4-6H2,2H3. The fourth-order valence-corrected chi connectivity index (χ4v) is 1.46. The monoisotopic (exact) mass is 222 g/mol. The van der Waals surface area contributed by atoms with Crippen molar-refractivity contribution >= 4 is 0 Å². The van der Waals surface area contributed by atoms with Crippen LogP contribution in [0.3, 0.4) is 0 Å². The van der Waals surface area contributed by atoms with Crippen LogP contribution in [-0.2, 0) is 0 Å². The predicted octanol–water partition coefficient (Wildman–Crippen LogP) is 2.67. The second kappa shape index (κ2) is 6.14. The Balaban J connectivity index is 2.68. The van der Waals surface area contributed by atoms with Crippen molar-refractivity contribution in [3.8, 4) is 18.1 Å². The molecule has 0 radical (unpaired) electrons. The van der Waals surface area contributed by atoms with Gasteiger partial charge in [0.1, 0.15) is 11.6 Å². The summed E-state index contributed by atoms with van der Waals surface area (Å²) in [7, 11) is 1.47. The number of rotatable bonds is 5. The number of hydrogen-bond acceptors (Lipinski definition) is 2. The van der Waals surface area contributed by atoms with E-state index in [0.29, 0.717) is 25.0 Å². The van der Waals surface area contributed by atoms with Crippen molar-refractivity contribution in [1.82, 2.24) is 0 Å². The molecular weight excluding hydrogens is 207 g/mol. The van der Waals surface area contributed by atoms with Crippen LogP contribution in [0.25, 0.3) is 0 Å². The number of aliphatic hydroxyl groups excluding tert-OH is 1. The minimum Gasteiger partial charge on any atom is -0.497 e. The molecule has 1 atom stereocenters. The third-order valence-corrected chi connectivity index (χ3v) is 2.37. The van der Waals surface area contributed by atoms with Gasteiger partial charge in [-0.05, 0) is 25.0 Å². The van der Waals surface area contributed by atoms with Gasteiger partial charge in [-0.3, -0.25) is 0 Å². The molecule has 0 saturated carbocycles. The van der Waals surface area contributed by atoms with Gasteiger partial charge in [0.25, 0.3) is 0 Å². The maximum atomic E-state index is 13.5. The average Bonchev–Trinajstić information content (AvgIpc) is 2.29. The van der Waals surface area contributed by atoms with Crippen LogP contribution < -0.4 is 4.74 Å². The van der Waals surface area contributed by atoms with Crippen LogP contribution in [0.2, 0.25) is 0 Å². The highest BCUT2D eigenvalue weighted by molar-refractivity contribution is 5.30. The summed E-state index contributed by atoms with van der Waals surface area (Å²) < 4.78 is 18.4. The molecule has 0 fully saturated rings. The molecule has 0 saturated heterocycles. The number of ether oxygens (including phenoxy) is 1. The number of aliphatic hydroxyl groups is 1. The Labute approximate surface area is 95.1 Å². The molecule has 1 N–H and O–H groups in total. The fourth-order valence-electron chi connectivity index (χ4n) is 1.46. The van der Waals surface area contributed by atoms with E-state index in [4.69, 9.17) is 11.2 Å². The van der Waals surface area contributed by atoms with Crippen LogP contribution in [0, 0.1) is 18.2 Å². The van der Waals surface area contributed by atoms with Crippen LogP contribution in [0.4, 0.5) is 4.39 Å². The van der Waals surface area contributed by atoms with E-state index in [1.165, 1.54) is 19.2 Å². The second-order valence-corrected chi connectivity index (χ2v) is 3.50. The maximum Gasteiger partial charge on any atom is 0.132 e. The molecule has 0 spiro atoms. The molecule has 0 aliphatic heterocycles. The van der Waals surface area contributed by atoms with Crippen molar-refractivity contribution < 1.29 is 14.2 Å². The zero-order chi connectivity index (χ0) is 12.0. The van der Waals surface area contributed by atoms with Crippen LogP contribution in [0.15, 0.2) is 18.2 Å². The molecule has 0 aliphatic carbocycles. The van der Waals surface area contributed by atoms with Crippen molar-refractivity contribution in [2.75, 3.05) is 7.11 Å². The lowest BCUT2D eigenvalue weighted by atomic mass is 10.0. The zero-order valence-corrected chi connectivity index (χ0v) is 9.24. The lowest BCUT2D eigenvalue weighted by molar-refractivity contribution is 0.160. The number of terminal acetylenes is 1. The summed E-state index contributed by atoms with van der Waals surface area (Å²) in [5, 5.41) is 9.74. The van der Waals surface area contributed by atoms with Crippen LogP contribution >= 0.6 is 0 Å². The van der Waals surface area contributed by atoms with E-state index in [2.05, 4.69) is 5.92 Å². The van der Waals surface area contributed by atoms with Gasteiger partial charge in [0.2, 0.25) is 0 Å². The predicted molar refractivity (Wildman–Crippen MR) is 60.6 cm³/mol. The van der Waals surface area contributed by atoms with Crippen LogP contribution in [-0.4, -0.2) is 12.2 Å².